The number of nitrogens with zero attached hydrogens (tertiary/aromatic N) is 1. The molecule has 6 heteroatoms. The van der Waals surface area contributed by atoms with E-state index in [9.17, 15) is 4.79 Å². The highest BCUT2D eigenvalue weighted by atomic mass is 16.5. The molecule has 0 aromatic heterocycles. The first-order valence-electron chi connectivity index (χ1n) is 10.0. The number of hydrogen-bond donors (Lipinski definition) is 3. The van der Waals surface area contributed by atoms with Crippen LogP contribution in [0.1, 0.15) is 38.2 Å². The molecular formula is C21H34N4O2. The third kappa shape index (κ3) is 8.43. The first kappa shape index (κ1) is 21.2. The van der Waals surface area contributed by atoms with Crippen LogP contribution in [0.15, 0.2) is 35.3 Å². The molecule has 1 saturated carbocycles. The predicted octanol–water partition coefficient (Wildman–Crippen LogP) is 2.31. The molecule has 1 amide bonds. The molecule has 1 atom stereocenters. The normalized spacial score (nSPS) is 15.7. The van der Waals surface area contributed by atoms with Crippen molar-refractivity contribution in [3.63, 3.8) is 0 Å². The maximum atomic E-state index is 11.8. The monoisotopic (exact) mass is 374 g/mol. The van der Waals surface area contributed by atoms with Crippen LogP contribution in [0, 0.1) is 11.8 Å². The van der Waals surface area contributed by atoms with Gasteiger partial charge in [0.25, 0.3) is 0 Å². The Labute approximate surface area is 163 Å². The summed E-state index contributed by atoms with van der Waals surface area (Å²) in [5.74, 6) is 1.65. The van der Waals surface area contributed by atoms with Crippen LogP contribution >= 0.6 is 0 Å². The number of nitrogens with one attached hydrogen (secondary N) is 3. The SMILES string of the molecule is CN=C(NCCCNC(=O)C1CCC1)NCC(C)COCc1ccccc1. The Morgan fingerprint density at radius 3 is 2.59 bits per heavy atom. The Kier molecular flexibility index (Phi) is 9.69. The molecule has 0 aliphatic heterocycles. The molecule has 1 aromatic rings. The Morgan fingerprint density at radius 2 is 1.93 bits per heavy atom. The maximum absolute atomic E-state index is 11.8. The average Bonchev–Trinajstić information content (AvgIpc) is 2.63. The predicted molar refractivity (Wildman–Crippen MR) is 110 cm³/mol. The minimum absolute atomic E-state index is 0.216. The Balaban J connectivity index is 1.49. The molecule has 150 valence electrons. The fourth-order valence-electron chi connectivity index (χ4n) is 2.82. The first-order valence-corrected chi connectivity index (χ1v) is 10.0. The van der Waals surface area contributed by atoms with Crippen LogP contribution in [-0.4, -0.2) is 45.2 Å². The van der Waals surface area contributed by atoms with Gasteiger partial charge in [0, 0.05) is 32.6 Å². The van der Waals surface area contributed by atoms with Gasteiger partial charge < -0.3 is 20.7 Å². The quantitative estimate of drug-likeness (QED) is 0.316. The third-order valence-corrected chi connectivity index (χ3v) is 4.78. The van der Waals surface area contributed by atoms with Crippen molar-refractivity contribution < 1.29 is 9.53 Å². The molecule has 2 rings (SSSR count). The molecule has 0 bridgehead atoms. The van der Waals surface area contributed by atoms with Gasteiger partial charge in [-0.15, -0.1) is 0 Å². The van der Waals surface area contributed by atoms with Gasteiger partial charge in [0.05, 0.1) is 13.2 Å². The lowest BCUT2D eigenvalue weighted by Gasteiger charge is -2.24. The summed E-state index contributed by atoms with van der Waals surface area (Å²) in [5.41, 5.74) is 1.19. The largest absolute Gasteiger partial charge is 0.376 e. The molecule has 0 radical (unpaired) electrons. The zero-order chi connectivity index (χ0) is 19.3. The summed E-state index contributed by atoms with van der Waals surface area (Å²) < 4.78 is 5.78. The summed E-state index contributed by atoms with van der Waals surface area (Å²) in [4.78, 5) is 16.0. The standard InChI is InChI=1S/C21H34N4O2/c1-17(15-27-16-18-8-4-3-5-9-18)14-25-21(22-2)24-13-7-12-23-20(26)19-10-6-11-19/h3-5,8-9,17,19H,6-7,10-16H2,1-2H3,(H,23,26)(H2,22,24,25). The summed E-state index contributed by atoms with van der Waals surface area (Å²) >= 11 is 0. The molecule has 27 heavy (non-hydrogen) atoms. The van der Waals surface area contributed by atoms with Crippen LogP contribution in [0.4, 0.5) is 0 Å². The zero-order valence-electron chi connectivity index (χ0n) is 16.7. The molecule has 0 saturated heterocycles. The topological polar surface area (TPSA) is 74.8 Å². The second-order valence-corrected chi connectivity index (χ2v) is 7.26. The van der Waals surface area contributed by atoms with Crippen molar-refractivity contribution in [1.82, 2.24) is 16.0 Å². The first-order chi connectivity index (χ1) is 13.2. The number of rotatable bonds is 11. The van der Waals surface area contributed by atoms with E-state index in [2.05, 4.69) is 40.0 Å². The van der Waals surface area contributed by atoms with Crippen LogP contribution in [0.2, 0.25) is 0 Å². The molecule has 1 aliphatic rings. The molecule has 1 fully saturated rings. The summed E-state index contributed by atoms with van der Waals surface area (Å²) in [6.07, 6.45) is 4.17. The highest BCUT2D eigenvalue weighted by Gasteiger charge is 2.24. The maximum Gasteiger partial charge on any atom is 0.223 e. The molecule has 0 spiro atoms. The van der Waals surface area contributed by atoms with Gasteiger partial charge in [-0.1, -0.05) is 43.7 Å². The average molecular weight is 375 g/mol. The zero-order valence-corrected chi connectivity index (χ0v) is 16.7. The number of guanidine groups is 1. The second-order valence-electron chi connectivity index (χ2n) is 7.26. The van der Waals surface area contributed by atoms with Gasteiger partial charge >= 0.3 is 0 Å². The van der Waals surface area contributed by atoms with E-state index in [4.69, 9.17) is 4.74 Å². The summed E-state index contributed by atoms with van der Waals surface area (Å²) in [5, 5.41) is 9.62. The van der Waals surface area contributed by atoms with Crippen LogP contribution in [0.3, 0.4) is 0 Å². The molecule has 0 heterocycles. The number of amides is 1. The van der Waals surface area contributed by atoms with Crippen molar-refractivity contribution in [3.05, 3.63) is 35.9 Å². The Bertz CT molecular complexity index is 573. The molecule has 1 aliphatic carbocycles. The summed E-state index contributed by atoms with van der Waals surface area (Å²) in [7, 11) is 1.77. The number of benzene rings is 1. The van der Waals surface area contributed by atoms with Gasteiger partial charge in [0.2, 0.25) is 5.91 Å². The van der Waals surface area contributed by atoms with Crippen molar-refractivity contribution >= 4 is 11.9 Å². The van der Waals surface area contributed by atoms with Crippen LogP contribution < -0.4 is 16.0 Å². The van der Waals surface area contributed by atoms with Crippen LogP contribution in [-0.2, 0) is 16.1 Å². The van der Waals surface area contributed by atoms with E-state index in [0.29, 0.717) is 25.7 Å². The van der Waals surface area contributed by atoms with E-state index in [0.717, 1.165) is 38.3 Å². The van der Waals surface area contributed by atoms with E-state index < -0.39 is 0 Å². The van der Waals surface area contributed by atoms with Gasteiger partial charge in [-0.3, -0.25) is 9.79 Å². The van der Waals surface area contributed by atoms with Crippen molar-refractivity contribution in [2.75, 3.05) is 33.3 Å². The lowest BCUT2D eigenvalue weighted by molar-refractivity contribution is -0.127. The van der Waals surface area contributed by atoms with Crippen molar-refractivity contribution in [3.8, 4) is 0 Å². The number of hydrogen-bond acceptors (Lipinski definition) is 3. The van der Waals surface area contributed by atoms with E-state index in [1.807, 2.05) is 18.2 Å². The minimum atomic E-state index is 0.216. The number of carbonyl (C=O) groups is 1. The Hall–Kier alpha value is -2.08. The van der Waals surface area contributed by atoms with E-state index in [-0.39, 0.29) is 11.8 Å². The fraction of sp³-hybridized carbons (Fsp3) is 0.619. The van der Waals surface area contributed by atoms with Crippen molar-refractivity contribution in [2.45, 2.75) is 39.2 Å². The number of carbonyl (C=O) groups excluding carboxylic acids is 1. The van der Waals surface area contributed by atoms with E-state index in [1.54, 1.807) is 7.05 Å². The van der Waals surface area contributed by atoms with E-state index >= 15 is 0 Å². The Morgan fingerprint density at radius 1 is 1.19 bits per heavy atom. The summed E-state index contributed by atoms with van der Waals surface area (Å²) in [6, 6.07) is 10.2. The number of aliphatic imine (C=N–C) groups is 1. The lowest BCUT2D eigenvalue weighted by Crippen LogP contribution is -2.41. The third-order valence-electron chi connectivity index (χ3n) is 4.78. The lowest BCUT2D eigenvalue weighted by atomic mass is 9.85. The minimum Gasteiger partial charge on any atom is -0.376 e. The van der Waals surface area contributed by atoms with Gasteiger partial charge in [0.15, 0.2) is 5.96 Å². The van der Waals surface area contributed by atoms with Crippen molar-refractivity contribution in [2.24, 2.45) is 16.8 Å². The smallest absolute Gasteiger partial charge is 0.223 e. The molecular weight excluding hydrogens is 340 g/mol. The van der Waals surface area contributed by atoms with Gasteiger partial charge in [-0.25, -0.2) is 0 Å². The molecule has 1 unspecified atom stereocenters. The number of ether oxygens (including phenoxy) is 1. The highest BCUT2D eigenvalue weighted by molar-refractivity contribution is 5.80. The second kappa shape index (κ2) is 12.3. The van der Waals surface area contributed by atoms with Crippen LogP contribution in [0.25, 0.3) is 0 Å². The fourth-order valence-corrected chi connectivity index (χ4v) is 2.82. The van der Waals surface area contributed by atoms with Gasteiger partial charge in [-0.2, -0.15) is 0 Å². The summed E-state index contributed by atoms with van der Waals surface area (Å²) in [6.45, 7) is 5.79. The van der Waals surface area contributed by atoms with Gasteiger partial charge in [-0.05, 0) is 30.7 Å². The van der Waals surface area contributed by atoms with E-state index in [1.165, 1.54) is 12.0 Å². The van der Waals surface area contributed by atoms with Gasteiger partial charge in [0.1, 0.15) is 0 Å². The van der Waals surface area contributed by atoms with Crippen LogP contribution in [0.5, 0.6) is 0 Å². The molecule has 1 aromatic carbocycles. The highest BCUT2D eigenvalue weighted by Crippen LogP contribution is 2.25. The molecule has 3 N–H and O–H groups in total. The van der Waals surface area contributed by atoms with Crippen molar-refractivity contribution in [1.29, 1.82) is 0 Å². The molecule has 6 nitrogen and oxygen atoms in total.